The van der Waals surface area contributed by atoms with Gasteiger partial charge in [-0.1, -0.05) is 55.2 Å². The lowest BCUT2D eigenvalue weighted by Crippen LogP contribution is -2.48. The zero-order valence-corrected chi connectivity index (χ0v) is 15.7. The summed E-state index contributed by atoms with van der Waals surface area (Å²) in [6.45, 7) is 3.93. The van der Waals surface area contributed by atoms with Gasteiger partial charge >= 0.3 is 0 Å². The van der Waals surface area contributed by atoms with Gasteiger partial charge in [-0.3, -0.25) is 9.52 Å². The van der Waals surface area contributed by atoms with Gasteiger partial charge in [0.05, 0.1) is 5.25 Å². The fourth-order valence-corrected chi connectivity index (χ4v) is 5.03. The molecule has 2 rings (SSSR count). The second-order valence-corrected chi connectivity index (χ2v) is 8.10. The minimum Gasteiger partial charge on any atom is -0.299 e. The van der Waals surface area contributed by atoms with E-state index in [0.717, 1.165) is 5.57 Å². The van der Waals surface area contributed by atoms with Gasteiger partial charge < -0.3 is 0 Å². The predicted molar refractivity (Wildman–Crippen MR) is 106 cm³/mol. The molecule has 3 unspecified atom stereocenters. The summed E-state index contributed by atoms with van der Waals surface area (Å²) < 4.78 is 28.3. The molecule has 4 nitrogen and oxygen atoms in total. The monoisotopic (exact) mass is 369 g/mol. The molecule has 136 valence electrons. The zero-order valence-electron chi connectivity index (χ0n) is 14.9. The Bertz CT molecular complexity index is 871. The Morgan fingerprint density at radius 1 is 1.23 bits per heavy atom. The van der Waals surface area contributed by atoms with Crippen LogP contribution in [0.25, 0.3) is 0 Å². The standard InChI is InChI=1S/C21H23NO3S/c1-3-4-11-18(12-7-6-10-15-23)21-17(2)16-20(21)26(24,25)22-19-13-8-5-9-14-19/h3-6,8-11,13-15,17,20-22H,16H2,1-2H3/b4-3-,10-6+,18-11-. The molecule has 1 aromatic rings. The van der Waals surface area contributed by atoms with Crippen molar-refractivity contribution >= 4 is 22.0 Å². The number of hydrogen-bond donors (Lipinski definition) is 1. The van der Waals surface area contributed by atoms with Gasteiger partial charge in [0.1, 0.15) is 6.29 Å². The fraction of sp³-hybridized carbons (Fsp3) is 0.286. The number of sulfonamides is 1. The van der Waals surface area contributed by atoms with Crippen LogP contribution < -0.4 is 4.72 Å². The number of benzene rings is 1. The Morgan fingerprint density at radius 2 is 1.96 bits per heavy atom. The molecule has 0 amide bonds. The van der Waals surface area contributed by atoms with Crippen LogP contribution in [-0.2, 0) is 14.8 Å². The van der Waals surface area contributed by atoms with E-state index in [0.29, 0.717) is 18.4 Å². The van der Waals surface area contributed by atoms with E-state index in [1.807, 2.05) is 38.1 Å². The lowest BCUT2D eigenvalue weighted by Gasteiger charge is -2.42. The third kappa shape index (κ3) is 4.96. The van der Waals surface area contributed by atoms with Gasteiger partial charge in [0.25, 0.3) is 0 Å². The maximum Gasteiger partial charge on any atom is 0.236 e. The van der Waals surface area contributed by atoms with E-state index in [4.69, 9.17) is 0 Å². The molecule has 0 heterocycles. The number of anilines is 1. The van der Waals surface area contributed by atoms with Crippen molar-refractivity contribution in [2.75, 3.05) is 4.72 Å². The number of nitrogens with one attached hydrogen (secondary N) is 1. The molecule has 0 spiro atoms. The van der Waals surface area contributed by atoms with E-state index < -0.39 is 15.3 Å². The first-order valence-corrected chi connectivity index (χ1v) is 10.1. The number of rotatable bonds is 6. The minimum absolute atomic E-state index is 0.176. The third-order valence-corrected chi connectivity index (χ3v) is 6.16. The molecule has 1 aromatic carbocycles. The Hall–Kier alpha value is -2.58. The van der Waals surface area contributed by atoms with E-state index in [1.165, 1.54) is 12.2 Å². The smallest absolute Gasteiger partial charge is 0.236 e. The first-order chi connectivity index (χ1) is 12.5. The van der Waals surface area contributed by atoms with Crippen molar-refractivity contribution in [3.63, 3.8) is 0 Å². The Balaban J connectivity index is 2.27. The van der Waals surface area contributed by atoms with Crippen LogP contribution in [0.1, 0.15) is 20.3 Å². The summed E-state index contributed by atoms with van der Waals surface area (Å²) in [5.41, 5.74) is 1.32. The van der Waals surface area contributed by atoms with Crippen LogP contribution in [0.2, 0.25) is 0 Å². The van der Waals surface area contributed by atoms with Crippen molar-refractivity contribution < 1.29 is 13.2 Å². The summed E-state index contributed by atoms with van der Waals surface area (Å²) in [6, 6.07) is 8.89. The SMILES string of the molecule is C/C=C\C=C(\C#C/C=C/C=O)C1C(C)CC1S(=O)(=O)Nc1ccccc1. The van der Waals surface area contributed by atoms with Gasteiger partial charge in [-0.15, -0.1) is 0 Å². The number of carbonyl (C=O) groups excluding carboxylic acids is 1. The topological polar surface area (TPSA) is 63.2 Å². The summed E-state index contributed by atoms with van der Waals surface area (Å²) in [5.74, 6) is 5.86. The maximum atomic E-state index is 12.8. The highest BCUT2D eigenvalue weighted by Crippen LogP contribution is 2.44. The molecule has 0 aromatic heterocycles. The molecule has 0 radical (unpaired) electrons. The normalized spacial score (nSPS) is 23.3. The Labute approximate surface area is 155 Å². The molecule has 1 aliphatic rings. The van der Waals surface area contributed by atoms with Crippen LogP contribution >= 0.6 is 0 Å². The van der Waals surface area contributed by atoms with Crippen LogP contribution in [-0.4, -0.2) is 20.0 Å². The summed E-state index contributed by atoms with van der Waals surface area (Å²) >= 11 is 0. The highest BCUT2D eigenvalue weighted by atomic mass is 32.2. The minimum atomic E-state index is -3.52. The second-order valence-electron chi connectivity index (χ2n) is 6.20. The van der Waals surface area contributed by atoms with Gasteiger partial charge in [-0.2, -0.15) is 0 Å². The van der Waals surface area contributed by atoms with Crippen LogP contribution in [0.3, 0.4) is 0 Å². The number of aldehydes is 1. The molecule has 1 fully saturated rings. The number of para-hydroxylation sites is 1. The Kier molecular flexibility index (Phi) is 6.99. The van der Waals surface area contributed by atoms with Gasteiger partial charge in [-0.05, 0) is 43.5 Å². The average molecular weight is 369 g/mol. The van der Waals surface area contributed by atoms with E-state index in [-0.39, 0.29) is 11.8 Å². The molecule has 26 heavy (non-hydrogen) atoms. The lowest BCUT2D eigenvalue weighted by molar-refractivity contribution is -0.104. The lowest BCUT2D eigenvalue weighted by atomic mass is 9.70. The second kappa shape index (κ2) is 9.21. The third-order valence-electron chi connectivity index (χ3n) is 4.35. The highest BCUT2D eigenvalue weighted by molar-refractivity contribution is 7.93. The van der Waals surface area contributed by atoms with E-state index >= 15 is 0 Å². The average Bonchev–Trinajstić information content (AvgIpc) is 2.61. The van der Waals surface area contributed by atoms with Crippen LogP contribution in [0.5, 0.6) is 0 Å². The van der Waals surface area contributed by atoms with Crippen molar-refractivity contribution in [2.24, 2.45) is 11.8 Å². The zero-order chi connectivity index (χ0) is 19.0. The first kappa shape index (κ1) is 19.7. The molecule has 1 saturated carbocycles. The van der Waals surface area contributed by atoms with Crippen molar-refractivity contribution in [1.29, 1.82) is 0 Å². The summed E-state index contributed by atoms with van der Waals surface area (Å²) in [4.78, 5) is 10.4. The molecular weight excluding hydrogens is 346 g/mol. The van der Waals surface area contributed by atoms with Crippen LogP contribution in [0, 0.1) is 23.7 Å². The molecular formula is C21H23NO3S. The van der Waals surface area contributed by atoms with E-state index in [2.05, 4.69) is 16.6 Å². The summed E-state index contributed by atoms with van der Waals surface area (Å²) in [7, 11) is -3.52. The molecule has 5 heteroatoms. The summed E-state index contributed by atoms with van der Waals surface area (Å²) in [5, 5.41) is -0.529. The molecule has 1 N–H and O–H groups in total. The van der Waals surface area contributed by atoms with Crippen molar-refractivity contribution in [1.82, 2.24) is 0 Å². The number of allylic oxidation sites excluding steroid dienone is 6. The van der Waals surface area contributed by atoms with Crippen molar-refractivity contribution in [3.8, 4) is 11.8 Å². The number of carbonyl (C=O) groups is 1. The number of hydrogen-bond acceptors (Lipinski definition) is 3. The maximum absolute atomic E-state index is 12.8. The van der Waals surface area contributed by atoms with Crippen molar-refractivity contribution in [2.45, 2.75) is 25.5 Å². The first-order valence-electron chi connectivity index (χ1n) is 8.51. The van der Waals surface area contributed by atoms with Gasteiger partial charge in [0, 0.05) is 17.2 Å². The largest absolute Gasteiger partial charge is 0.299 e. The molecule has 0 saturated heterocycles. The quantitative estimate of drug-likeness (QED) is 0.360. The molecule has 3 atom stereocenters. The molecule has 1 aliphatic carbocycles. The Morgan fingerprint density at radius 3 is 2.58 bits per heavy atom. The van der Waals surface area contributed by atoms with Crippen molar-refractivity contribution in [3.05, 3.63) is 66.3 Å². The van der Waals surface area contributed by atoms with Crippen LogP contribution in [0.15, 0.2) is 66.3 Å². The fourth-order valence-electron chi connectivity index (χ4n) is 3.05. The van der Waals surface area contributed by atoms with Crippen LogP contribution in [0.4, 0.5) is 5.69 Å². The highest BCUT2D eigenvalue weighted by Gasteiger charge is 2.47. The summed E-state index contributed by atoms with van der Waals surface area (Å²) in [6.07, 6.45) is 9.61. The predicted octanol–water partition coefficient (Wildman–Crippen LogP) is 3.71. The molecule has 0 aliphatic heterocycles. The van der Waals surface area contributed by atoms with Gasteiger partial charge in [0.15, 0.2) is 0 Å². The van der Waals surface area contributed by atoms with E-state index in [1.54, 1.807) is 24.3 Å². The van der Waals surface area contributed by atoms with Gasteiger partial charge in [0.2, 0.25) is 10.0 Å². The molecule has 0 bridgehead atoms. The van der Waals surface area contributed by atoms with E-state index in [9.17, 15) is 13.2 Å². The van der Waals surface area contributed by atoms with Gasteiger partial charge in [-0.25, -0.2) is 8.42 Å².